The lowest BCUT2D eigenvalue weighted by Gasteiger charge is -2.29. The molecule has 0 aliphatic heterocycles. The van der Waals surface area contributed by atoms with E-state index in [0.29, 0.717) is 22.9 Å². The molecule has 5 nitrogen and oxygen atoms in total. The predicted octanol–water partition coefficient (Wildman–Crippen LogP) is 5.10. The molecule has 2 aromatic rings. The van der Waals surface area contributed by atoms with E-state index in [1.165, 1.54) is 25.7 Å². The third kappa shape index (κ3) is 6.94. The molecule has 3 rings (SSSR count). The molecule has 0 bridgehead atoms. The minimum Gasteiger partial charge on any atom is -0.385 e. The van der Waals surface area contributed by atoms with Crippen molar-refractivity contribution in [2.24, 2.45) is 5.92 Å². The summed E-state index contributed by atoms with van der Waals surface area (Å²) in [6.45, 7) is 5.38. The van der Waals surface area contributed by atoms with Gasteiger partial charge in [0.15, 0.2) is 0 Å². The van der Waals surface area contributed by atoms with Gasteiger partial charge in [-0.3, -0.25) is 9.44 Å². The first-order chi connectivity index (χ1) is 13.9. The fraction of sp³-hybridized carbons (Fsp3) is 0.455. The highest BCUT2D eigenvalue weighted by Gasteiger charge is 2.21. The lowest BCUT2D eigenvalue weighted by Crippen LogP contribution is -2.31. The monoisotopic (exact) mass is 433 g/mol. The molecule has 0 heterocycles. The SMILES string of the molecule is CC(C)SN[C@H]1CC[C@H](CNc2ccc(NS(=O)(=O)c3ccccc3)cc2)CC1. The fourth-order valence-corrected chi connectivity index (χ4v) is 5.23. The molecular weight excluding hydrogens is 402 g/mol. The van der Waals surface area contributed by atoms with Gasteiger partial charge in [-0.05, 0) is 68.0 Å². The van der Waals surface area contributed by atoms with Gasteiger partial charge in [-0.2, -0.15) is 0 Å². The molecule has 0 radical (unpaired) electrons. The summed E-state index contributed by atoms with van der Waals surface area (Å²) in [4.78, 5) is 0.263. The average molecular weight is 434 g/mol. The Morgan fingerprint density at radius 1 is 0.931 bits per heavy atom. The van der Waals surface area contributed by atoms with E-state index in [2.05, 4.69) is 28.6 Å². The number of sulfonamides is 1. The van der Waals surface area contributed by atoms with Crippen molar-refractivity contribution < 1.29 is 8.42 Å². The third-order valence-electron chi connectivity index (χ3n) is 5.10. The summed E-state index contributed by atoms with van der Waals surface area (Å²) < 4.78 is 31.0. The van der Waals surface area contributed by atoms with Crippen LogP contribution in [-0.4, -0.2) is 26.3 Å². The lowest BCUT2D eigenvalue weighted by molar-refractivity contribution is 0.328. The molecule has 0 unspecified atom stereocenters. The number of benzene rings is 2. The van der Waals surface area contributed by atoms with Crippen molar-refractivity contribution >= 4 is 33.3 Å². The van der Waals surface area contributed by atoms with Gasteiger partial charge in [0.25, 0.3) is 10.0 Å². The Morgan fingerprint density at radius 3 is 2.17 bits per heavy atom. The standard InChI is InChI=1S/C22H31N3O2S2/c1-17(2)28-24-20-10-8-18(9-11-20)16-23-19-12-14-21(15-13-19)25-29(26,27)22-6-4-3-5-7-22/h3-7,12-15,17-18,20,23-25H,8-11,16H2,1-2H3/t18-,20-. The quantitative estimate of drug-likeness (QED) is 0.480. The topological polar surface area (TPSA) is 70.2 Å². The summed E-state index contributed by atoms with van der Waals surface area (Å²) in [7, 11) is -3.55. The van der Waals surface area contributed by atoms with Crippen LogP contribution in [-0.2, 0) is 10.0 Å². The maximum Gasteiger partial charge on any atom is 0.261 e. The zero-order chi connectivity index (χ0) is 20.7. The maximum absolute atomic E-state index is 12.4. The van der Waals surface area contributed by atoms with E-state index in [1.54, 1.807) is 42.5 Å². The highest BCUT2D eigenvalue weighted by atomic mass is 32.2. The molecule has 2 aromatic carbocycles. The van der Waals surface area contributed by atoms with Crippen LogP contribution in [0.15, 0.2) is 59.5 Å². The molecule has 0 aromatic heterocycles. The number of anilines is 2. The molecule has 0 spiro atoms. The van der Waals surface area contributed by atoms with E-state index in [1.807, 2.05) is 24.1 Å². The minimum atomic E-state index is -3.55. The zero-order valence-electron chi connectivity index (χ0n) is 17.1. The summed E-state index contributed by atoms with van der Waals surface area (Å²) in [6, 6.07) is 16.5. The Balaban J connectivity index is 1.44. The lowest BCUT2D eigenvalue weighted by atomic mass is 9.86. The van der Waals surface area contributed by atoms with Crippen molar-refractivity contribution in [2.45, 2.75) is 55.7 Å². The van der Waals surface area contributed by atoms with Crippen molar-refractivity contribution in [1.29, 1.82) is 0 Å². The first-order valence-corrected chi connectivity index (χ1v) is 12.6. The van der Waals surface area contributed by atoms with Crippen LogP contribution in [0.3, 0.4) is 0 Å². The van der Waals surface area contributed by atoms with E-state index in [4.69, 9.17) is 0 Å². The van der Waals surface area contributed by atoms with Gasteiger partial charge >= 0.3 is 0 Å². The number of hydrogen-bond acceptors (Lipinski definition) is 5. The number of nitrogens with one attached hydrogen (secondary N) is 3. The predicted molar refractivity (Wildman–Crippen MR) is 124 cm³/mol. The number of rotatable bonds is 9. The summed E-state index contributed by atoms with van der Waals surface area (Å²) in [6.07, 6.45) is 4.93. The summed E-state index contributed by atoms with van der Waals surface area (Å²) in [5.41, 5.74) is 1.58. The van der Waals surface area contributed by atoms with Crippen molar-refractivity contribution in [3.05, 3.63) is 54.6 Å². The minimum absolute atomic E-state index is 0.263. The molecule has 0 saturated heterocycles. The van der Waals surface area contributed by atoms with Crippen LogP contribution >= 0.6 is 11.9 Å². The van der Waals surface area contributed by atoms with Crippen LogP contribution in [0.5, 0.6) is 0 Å². The molecule has 0 amide bonds. The normalized spacial score (nSPS) is 19.8. The van der Waals surface area contributed by atoms with Gasteiger partial charge in [-0.25, -0.2) is 8.42 Å². The highest BCUT2D eigenvalue weighted by molar-refractivity contribution is 7.98. The fourth-order valence-electron chi connectivity index (χ4n) is 3.45. The molecule has 1 fully saturated rings. The van der Waals surface area contributed by atoms with Crippen LogP contribution in [0, 0.1) is 5.92 Å². The van der Waals surface area contributed by atoms with E-state index >= 15 is 0 Å². The Hall–Kier alpha value is -1.70. The summed E-state index contributed by atoms with van der Waals surface area (Å²) >= 11 is 1.84. The van der Waals surface area contributed by atoms with Gasteiger partial charge in [-0.1, -0.05) is 44.0 Å². The second-order valence-electron chi connectivity index (χ2n) is 7.88. The molecule has 1 aliphatic carbocycles. The van der Waals surface area contributed by atoms with Gasteiger partial charge < -0.3 is 5.32 Å². The van der Waals surface area contributed by atoms with Gasteiger partial charge in [-0.15, -0.1) is 0 Å². The molecule has 3 N–H and O–H groups in total. The zero-order valence-corrected chi connectivity index (χ0v) is 18.7. The van der Waals surface area contributed by atoms with Crippen LogP contribution < -0.4 is 14.8 Å². The van der Waals surface area contributed by atoms with E-state index < -0.39 is 10.0 Å². The van der Waals surface area contributed by atoms with Gasteiger partial charge in [0, 0.05) is 29.2 Å². The molecule has 1 aliphatic rings. The molecular formula is C22H31N3O2S2. The Labute approximate surface area is 179 Å². The van der Waals surface area contributed by atoms with Crippen molar-refractivity contribution in [3.63, 3.8) is 0 Å². The average Bonchev–Trinajstić information content (AvgIpc) is 2.73. The van der Waals surface area contributed by atoms with Crippen LogP contribution in [0.4, 0.5) is 11.4 Å². The highest BCUT2D eigenvalue weighted by Crippen LogP contribution is 2.26. The van der Waals surface area contributed by atoms with E-state index in [0.717, 1.165) is 12.2 Å². The van der Waals surface area contributed by atoms with Gasteiger partial charge in [0.2, 0.25) is 0 Å². The largest absolute Gasteiger partial charge is 0.385 e. The third-order valence-corrected chi connectivity index (χ3v) is 7.44. The molecule has 1 saturated carbocycles. The van der Waals surface area contributed by atoms with E-state index in [-0.39, 0.29) is 4.90 Å². The molecule has 0 atom stereocenters. The van der Waals surface area contributed by atoms with Gasteiger partial charge in [0.05, 0.1) is 4.90 Å². The second kappa shape index (κ2) is 10.4. The van der Waals surface area contributed by atoms with Crippen LogP contribution in [0.25, 0.3) is 0 Å². The van der Waals surface area contributed by atoms with Crippen molar-refractivity contribution in [1.82, 2.24) is 4.72 Å². The van der Waals surface area contributed by atoms with Crippen molar-refractivity contribution in [3.8, 4) is 0 Å². The van der Waals surface area contributed by atoms with Crippen LogP contribution in [0.1, 0.15) is 39.5 Å². The number of hydrogen-bond donors (Lipinski definition) is 3. The maximum atomic E-state index is 12.4. The summed E-state index contributed by atoms with van der Waals surface area (Å²) in [5.74, 6) is 0.688. The van der Waals surface area contributed by atoms with Gasteiger partial charge in [0.1, 0.15) is 0 Å². The van der Waals surface area contributed by atoms with Crippen LogP contribution in [0.2, 0.25) is 0 Å². The second-order valence-corrected chi connectivity index (χ2v) is 11.0. The molecule has 7 heteroatoms. The van der Waals surface area contributed by atoms with E-state index in [9.17, 15) is 8.42 Å². The smallest absolute Gasteiger partial charge is 0.261 e. The Bertz CT molecular complexity index is 847. The first-order valence-electron chi connectivity index (χ1n) is 10.3. The Kier molecular flexibility index (Phi) is 7.86. The molecule has 29 heavy (non-hydrogen) atoms. The first kappa shape index (κ1) is 22.0. The Morgan fingerprint density at radius 2 is 1.55 bits per heavy atom. The van der Waals surface area contributed by atoms with Crippen molar-refractivity contribution in [2.75, 3.05) is 16.6 Å². The summed E-state index contributed by atoms with van der Waals surface area (Å²) in [5, 5.41) is 4.12. The molecule has 158 valence electrons.